The first-order valence-corrected chi connectivity index (χ1v) is 10.7. The number of benzene rings is 2. The van der Waals surface area contributed by atoms with Crippen molar-refractivity contribution in [2.75, 3.05) is 0 Å². The molecule has 168 valence electrons. The second-order valence-corrected chi connectivity index (χ2v) is 7.94. The van der Waals surface area contributed by atoms with Crippen molar-refractivity contribution in [2.45, 2.75) is 32.8 Å². The third-order valence-electron chi connectivity index (χ3n) is 5.73. The lowest BCUT2D eigenvalue weighted by atomic mass is 9.97. The van der Waals surface area contributed by atoms with Gasteiger partial charge in [0.05, 0.1) is 17.0 Å². The summed E-state index contributed by atoms with van der Waals surface area (Å²) >= 11 is 0. The standard InChI is InChI=1S/C26H24N2O5/c1-3-6-20-22(26(32)33)28-21(14-9-15(2)24(28)27-20)23(29)17-12-10-16(11-13-17)18-7-4-5-8-19(18)25(30)31/h4-5,7-14,23,29H,3,6H2,1-2H3,(H,30,31)(H,32,33)/t23-/m1/s1. The molecule has 0 aliphatic heterocycles. The van der Waals surface area contributed by atoms with Gasteiger partial charge in [-0.1, -0.05) is 61.9 Å². The molecule has 4 aromatic rings. The van der Waals surface area contributed by atoms with Crippen molar-refractivity contribution in [1.29, 1.82) is 0 Å². The largest absolute Gasteiger partial charge is 0.478 e. The molecule has 0 bridgehead atoms. The predicted molar refractivity (Wildman–Crippen MR) is 124 cm³/mol. The minimum Gasteiger partial charge on any atom is -0.478 e. The Morgan fingerprint density at radius 1 is 0.970 bits per heavy atom. The van der Waals surface area contributed by atoms with Gasteiger partial charge in [-0.25, -0.2) is 14.6 Å². The van der Waals surface area contributed by atoms with Gasteiger partial charge in [-0.3, -0.25) is 4.40 Å². The lowest BCUT2D eigenvalue weighted by molar-refractivity contribution is 0.0680. The fourth-order valence-corrected chi connectivity index (χ4v) is 4.12. The number of aromatic nitrogens is 2. The first-order chi connectivity index (χ1) is 15.8. The average Bonchev–Trinajstić information content (AvgIpc) is 3.19. The van der Waals surface area contributed by atoms with Crippen LogP contribution in [0.1, 0.15) is 62.8 Å². The molecular formula is C26H24N2O5. The smallest absolute Gasteiger partial charge is 0.354 e. The maximum absolute atomic E-state index is 12.1. The van der Waals surface area contributed by atoms with Gasteiger partial charge in [-0.05, 0) is 47.7 Å². The quantitative estimate of drug-likeness (QED) is 0.380. The van der Waals surface area contributed by atoms with E-state index in [1.165, 1.54) is 4.40 Å². The zero-order valence-electron chi connectivity index (χ0n) is 18.3. The molecule has 0 unspecified atom stereocenters. The first kappa shape index (κ1) is 22.2. The summed E-state index contributed by atoms with van der Waals surface area (Å²) in [5.74, 6) is -2.11. The molecule has 0 aliphatic rings. The molecule has 7 nitrogen and oxygen atoms in total. The van der Waals surface area contributed by atoms with Crippen LogP contribution < -0.4 is 0 Å². The van der Waals surface area contributed by atoms with Gasteiger partial charge < -0.3 is 15.3 Å². The van der Waals surface area contributed by atoms with E-state index in [1.807, 2.05) is 19.9 Å². The molecule has 0 saturated heterocycles. The lowest BCUT2D eigenvalue weighted by Crippen LogP contribution is -2.12. The number of hydrogen-bond donors (Lipinski definition) is 3. The molecule has 0 spiro atoms. The predicted octanol–water partition coefficient (Wildman–Crippen LogP) is 4.74. The number of aliphatic hydroxyl groups is 1. The first-order valence-electron chi connectivity index (χ1n) is 10.7. The second kappa shape index (κ2) is 8.88. The summed E-state index contributed by atoms with van der Waals surface area (Å²) in [5.41, 5.74) is 4.33. The number of nitrogens with zero attached hydrogens (tertiary/aromatic N) is 2. The van der Waals surface area contributed by atoms with Gasteiger partial charge in [0.2, 0.25) is 0 Å². The van der Waals surface area contributed by atoms with Gasteiger partial charge in [0.1, 0.15) is 11.8 Å². The number of fused-ring (bicyclic) bond motifs is 1. The van der Waals surface area contributed by atoms with Crippen molar-refractivity contribution in [3.8, 4) is 11.1 Å². The topological polar surface area (TPSA) is 112 Å². The van der Waals surface area contributed by atoms with E-state index in [-0.39, 0.29) is 11.3 Å². The average molecular weight is 444 g/mol. The number of rotatable bonds is 7. The third-order valence-corrected chi connectivity index (χ3v) is 5.73. The summed E-state index contributed by atoms with van der Waals surface area (Å²) in [6, 6.07) is 17.2. The highest BCUT2D eigenvalue weighted by atomic mass is 16.4. The van der Waals surface area contributed by atoms with Crippen LogP contribution in [-0.4, -0.2) is 36.6 Å². The fourth-order valence-electron chi connectivity index (χ4n) is 4.12. The van der Waals surface area contributed by atoms with E-state index in [4.69, 9.17) is 0 Å². The number of pyridine rings is 1. The van der Waals surface area contributed by atoms with Crippen molar-refractivity contribution >= 4 is 17.6 Å². The van der Waals surface area contributed by atoms with E-state index < -0.39 is 18.0 Å². The normalized spacial score (nSPS) is 12.1. The Hall–Kier alpha value is -3.97. The van der Waals surface area contributed by atoms with E-state index in [0.29, 0.717) is 40.1 Å². The molecule has 2 heterocycles. The molecule has 4 rings (SSSR count). The number of carboxylic acid groups (broad SMARTS) is 2. The SMILES string of the molecule is CCCc1nc2c(C)ccc([C@H](O)c3ccc(-c4ccccc4C(=O)O)cc3)n2c1C(=O)O. The van der Waals surface area contributed by atoms with E-state index in [9.17, 15) is 24.9 Å². The molecule has 7 heteroatoms. The summed E-state index contributed by atoms with van der Waals surface area (Å²) in [6.07, 6.45) is 0.176. The van der Waals surface area contributed by atoms with Crippen LogP contribution in [0.15, 0.2) is 60.7 Å². The molecule has 0 aliphatic carbocycles. The summed E-state index contributed by atoms with van der Waals surface area (Å²) < 4.78 is 1.53. The molecule has 33 heavy (non-hydrogen) atoms. The highest BCUT2D eigenvalue weighted by molar-refractivity contribution is 5.96. The van der Waals surface area contributed by atoms with Crippen LogP contribution in [0.2, 0.25) is 0 Å². The number of carbonyl (C=O) groups is 2. The summed E-state index contributed by atoms with van der Waals surface area (Å²) in [7, 11) is 0. The van der Waals surface area contributed by atoms with Crippen molar-refractivity contribution in [1.82, 2.24) is 9.38 Å². The highest BCUT2D eigenvalue weighted by Gasteiger charge is 2.24. The maximum atomic E-state index is 12.1. The van der Waals surface area contributed by atoms with Crippen LogP contribution in [0.3, 0.4) is 0 Å². The Morgan fingerprint density at radius 2 is 1.67 bits per heavy atom. The van der Waals surface area contributed by atoms with Crippen LogP contribution in [-0.2, 0) is 6.42 Å². The van der Waals surface area contributed by atoms with Gasteiger partial charge in [0, 0.05) is 0 Å². The molecule has 3 N–H and O–H groups in total. The van der Waals surface area contributed by atoms with Crippen molar-refractivity contribution in [3.63, 3.8) is 0 Å². The van der Waals surface area contributed by atoms with E-state index in [2.05, 4.69) is 4.98 Å². The monoisotopic (exact) mass is 444 g/mol. The molecular weight excluding hydrogens is 420 g/mol. The van der Waals surface area contributed by atoms with Crippen LogP contribution in [0.25, 0.3) is 16.8 Å². The number of aryl methyl sites for hydroxylation is 2. The Kier molecular flexibility index (Phi) is 5.98. The Labute approximate surface area is 190 Å². The molecule has 2 aromatic carbocycles. The third kappa shape index (κ3) is 3.99. The minimum atomic E-state index is -1.10. The van der Waals surface area contributed by atoms with Gasteiger partial charge in [-0.2, -0.15) is 0 Å². The summed E-state index contributed by atoms with van der Waals surface area (Å²) in [5, 5.41) is 30.5. The molecule has 1 atom stereocenters. The second-order valence-electron chi connectivity index (χ2n) is 7.94. The van der Waals surface area contributed by atoms with Crippen molar-refractivity contribution in [2.24, 2.45) is 0 Å². The van der Waals surface area contributed by atoms with Crippen molar-refractivity contribution in [3.05, 3.63) is 94.4 Å². The highest BCUT2D eigenvalue weighted by Crippen LogP contribution is 2.30. The minimum absolute atomic E-state index is 0.0663. The van der Waals surface area contributed by atoms with Gasteiger partial charge in [0.25, 0.3) is 0 Å². The van der Waals surface area contributed by atoms with Gasteiger partial charge in [0.15, 0.2) is 5.69 Å². The van der Waals surface area contributed by atoms with E-state index in [0.717, 1.165) is 12.0 Å². The van der Waals surface area contributed by atoms with Gasteiger partial charge in [-0.15, -0.1) is 0 Å². The van der Waals surface area contributed by atoms with Gasteiger partial charge >= 0.3 is 11.9 Å². The molecule has 2 aromatic heterocycles. The Bertz CT molecular complexity index is 1360. The lowest BCUT2D eigenvalue weighted by Gasteiger charge is -2.16. The summed E-state index contributed by atoms with van der Waals surface area (Å²) in [4.78, 5) is 28.2. The van der Waals surface area contributed by atoms with Crippen LogP contribution >= 0.6 is 0 Å². The number of imidazole rings is 1. The molecule has 0 amide bonds. The van der Waals surface area contributed by atoms with Crippen LogP contribution in [0, 0.1) is 6.92 Å². The van der Waals surface area contributed by atoms with E-state index in [1.54, 1.807) is 54.6 Å². The molecule has 0 radical (unpaired) electrons. The van der Waals surface area contributed by atoms with Crippen LogP contribution in [0.5, 0.6) is 0 Å². The number of hydrogen-bond acceptors (Lipinski definition) is 4. The Morgan fingerprint density at radius 3 is 2.30 bits per heavy atom. The number of carboxylic acids is 2. The Balaban J connectivity index is 1.80. The van der Waals surface area contributed by atoms with Crippen molar-refractivity contribution < 1.29 is 24.9 Å². The molecule has 0 saturated carbocycles. The number of aliphatic hydroxyl groups excluding tert-OH is 1. The molecule has 0 fully saturated rings. The number of aromatic carboxylic acids is 2. The zero-order valence-corrected chi connectivity index (χ0v) is 18.3. The van der Waals surface area contributed by atoms with E-state index >= 15 is 0 Å². The fraction of sp³-hybridized carbons (Fsp3) is 0.192. The maximum Gasteiger partial charge on any atom is 0.354 e. The summed E-state index contributed by atoms with van der Waals surface area (Å²) in [6.45, 7) is 3.82. The van der Waals surface area contributed by atoms with Crippen LogP contribution in [0.4, 0.5) is 0 Å². The zero-order chi connectivity index (χ0) is 23.7.